The first-order chi connectivity index (χ1) is 11.1. The normalized spacial score (nSPS) is 23.7. The van der Waals surface area contributed by atoms with Crippen LogP contribution in [0.1, 0.15) is 27.4 Å². The zero-order valence-electron chi connectivity index (χ0n) is 12.2. The number of carbonyl (C=O) groups is 1. The van der Waals surface area contributed by atoms with Crippen LogP contribution < -0.4 is 11.1 Å². The third-order valence-corrected chi connectivity index (χ3v) is 4.83. The molecule has 4 rings (SSSR count). The van der Waals surface area contributed by atoms with E-state index in [-0.39, 0.29) is 28.9 Å². The first kappa shape index (κ1) is 13.8. The number of fused-ring (bicyclic) bond motifs is 3. The second-order valence-electron chi connectivity index (χ2n) is 6.12. The van der Waals surface area contributed by atoms with E-state index in [2.05, 4.69) is 17.4 Å². The van der Waals surface area contributed by atoms with Crippen molar-refractivity contribution in [3.05, 3.63) is 69.3 Å². The van der Waals surface area contributed by atoms with Gasteiger partial charge in [-0.25, -0.2) is 0 Å². The standard InChI is InChI=1S/C17H15N3O3/c18-14-6-5-10(20(22)23)8-12(14)17(21)19-16-13-7-9-3-1-2-4-11(9)15(13)16/h1-6,8,13,15-16H,7,18H2,(H,19,21). The van der Waals surface area contributed by atoms with Crippen LogP contribution in [-0.2, 0) is 6.42 Å². The van der Waals surface area contributed by atoms with Crippen LogP contribution in [0.15, 0.2) is 42.5 Å². The summed E-state index contributed by atoms with van der Waals surface area (Å²) >= 11 is 0. The zero-order valence-corrected chi connectivity index (χ0v) is 12.2. The van der Waals surface area contributed by atoms with Gasteiger partial charge >= 0.3 is 0 Å². The molecular formula is C17H15N3O3. The third-order valence-electron chi connectivity index (χ3n) is 4.83. The van der Waals surface area contributed by atoms with E-state index in [1.807, 2.05) is 12.1 Å². The van der Waals surface area contributed by atoms with Crippen molar-refractivity contribution in [2.45, 2.75) is 18.4 Å². The molecule has 0 heterocycles. The van der Waals surface area contributed by atoms with Crippen molar-refractivity contribution in [2.24, 2.45) is 5.92 Å². The van der Waals surface area contributed by atoms with Crippen LogP contribution in [0.4, 0.5) is 11.4 Å². The van der Waals surface area contributed by atoms with Crippen LogP contribution in [-0.4, -0.2) is 16.9 Å². The molecule has 1 amide bonds. The van der Waals surface area contributed by atoms with Gasteiger partial charge in [0.15, 0.2) is 0 Å². The molecule has 2 aromatic carbocycles. The van der Waals surface area contributed by atoms with E-state index in [0.29, 0.717) is 11.8 Å². The monoisotopic (exact) mass is 309 g/mol. The van der Waals surface area contributed by atoms with Gasteiger partial charge in [0.1, 0.15) is 0 Å². The Hall–Kier alpha value is -2.89. The number of hydrogen-bond donors (Lipinski definition) is 2. The van der Waals surface area contributed by atoms with Gasteiger partial charge < -0.3 is 11.1 Å². The highest BCUT2D eigenvalue weighted by Crippen LogP contribution is 2.56. The minimum absolute atomic E-state index is 0.0936. The fraction of sp³-hybridized carbons (Fsp3) is 0.235. The first-order valence-electron chi connectivity index (χ1n) is 7.49. The smallest absolute Gasteiger partial charge is 0.270 e. The van der Waals surface area contributed by atoms with Gasteiger partial charge in [-0.3, -0.25) is 14.9 Å². The highest BCUT2D eigenvalue weighted by Gasteiger charge is 2.56. The predicted molar refractivity (Wildman–Crippen MR) is 85.1 cm³/mol. The summed E-state index contributed by atoms with van der Waals surface area (Å²) in [6, 6.07) is 12.3. The highest BCUT2D eigenvalue weighted by molar-refractivity contribution is 6.00. The van der Waals surface area contributed by atoms with E-state index < -0.39 is 4.92 Å². The number of amides is 1. The second-order valence-corrected chi connectivity index (χ2v) is 6.12. The number of nitro groups is 1. The Kier molecular flexibility index (Phi) is 2.87. The van der Waals surface area contributed by atoms with Gasteiger partial charge in [0, 0.05) is 29.8 Å². The Bertz CT molecular complexity index is 834. The van der Waals surface area contributed by atoms with Gasteiger partial charge in [0.05, 0.1) is 10.5 Å². The molecule has 116 valence electrons. The molecule has 3 atom stereocenters. The molecule has 0 aliphatic heterocycles. The summed E-state index contributed by atoms with van der Waals surface area (Å²) in [4.78, 5) is 22.7. The van der Waals surface area contributed by atoms with Gasteiger partial charge in [0.25, 0.3) is 11.6 Å². The molecule has 1 fully saturated rings. The number of nitro benzene ring substituents is 1. The van der Waals surface area contributed by atoms with Crippen molar-refractivity contribution < 1.29 is 9.72 Å². The van der Waals surface area contributed by atoms with Crippen molar-refractivity contribution in [2.75, 3.05) is 5.73 Å². The van der Waals surface area contributed by atoms with E-state index in [4.69, 9.17) is 5.73 Å². The van der Waals surface area contributed by atoms with Gasteiger partial charge in [-0.15, -0.1) is 0 Å². The quantitative estimate of drug-likeness (QED) is 0.516. The lowest BCUT2D eigenvalue weighted by molar-refractivity contribution is -0.384. The number of anilines is 1. The largest absolute Gasteiger partial charge is 0.398 e. The Labute approximate surface area is 132 Å². The summed E-state index contributed by atoms with van der Waals surface area (Å²) in [6.45, 7) is 0. The number of non-ortho nitro benzene ring substituents is 1. The van der Waals surface area contributed by atoms with Gasteiger partial charge in [-0.1, -0.05) is 24.3 Å². The van der Waals surface area contributed by atoms with E-state index in [1.165, 1.54) is 29.3 Å². The molecule has 1 saturated carbocycles. The Morgan fingerprint density at radius 2 is 2.04 bits per heavy atom. The number of rotatable bonds is 3. The summed E-state index contributed by atoms with van der Waals surface area (Å²) in [5, 5.41) is 13.8. The number of carbonyl (C=O) groups excluding carboxylic acids is 1. The molecule has 6 heteroatoms. The summed E-state index contributed by atoms with van der Waals surface area (Å²) in [5.41, 5.74) is 8.73. The van der Waals surface area contributed by atoms with Crippen LogP contribution in [0.2, 0.25) is 0 Å². The van der Waals surface area contributed by atoms with Crippen molar-refractivity contribution in [3.8, 4) is 0 Å². The van der Waals surface area contributed by atoms with Crippen LogP contribution >= 0.6 is 0 Å². The first-order valence-corrected chi connectivity index (χ1v) is 7.49. The molecule has 3 N–H and O–H groups in total. The average molecular weight is 309 g/mol. The van der Waals surface area contributed by atoms with Crippen LogP contribution in [0.3, 0.4) is 0 Å². The van der Waals surface area contributed by atoms with Gasteiger partial charge in [0.2, 0.25) is 0 Å². The topological polar surface area (TPSA) is 98.3 Å². The molecule has 2 aliphatic rings. The zero-order chi connectivity index (χ0) is 16.1. The molecule has 3 unspecified atom stereocenters. The molecule has 23 heavy (non-hydrogen) atoms. The van der Waals surface area contributed by atoms with Crippen LogP contribution in [0, 0.1) is 16.0 Å². The fourth-order valence-corrected chi connectivity index (χ4v) is 3.63. The second kappa shape index (κ2) is 4.81. The van der Waals surface area contributed by atoms with Gasteiger partial charge in [-0.2, -0.15) is 0 Å². The molecular weight excluding hydrogens is 294 g/mol. The van der Waals surface area contributed by atoms with Crippen LogP contribution in [0.25, 0.3) is 0 Å². The number of nitrogens with zero attached hydrogens (tertiary/aromatic N) is 1. The van der Waals surface area contributed by atoms with E-state index in [1.54, 1.807) is 0 Å². The maximum Gasteiger partial charge on any atom is 0.270 e. The van der Waals surface area contributed by atoms with Crippen LogP contribution in [0.5, 0.6) is 0 Å². The fourth-order valence-electron chi connectivity index (χ4n) is 3.63. The molecule has 0 saturated heterocycles. The molecule has 2 aliphatic carbocycles. The number of nitrogens with two attached hydrogens (primary N) is 1. The maximum absolute atomic E-state index is 12.4. The minimum atomic E-state index is -0.529. The van der Waals surface area contributed by atoms with Crippen molar-refractivity contribution >= 4 is 17.3 Å². The molecule has 0 bridgehead atoms. The number of nitrogen functional groups attached to an aromatic ring is 1. The van der Waals surface area contributed by atoms with E-state index in [9.17, 15) is 14.9 Å². The molecule has 6 nitrogen and oxygen atoms in total. The Morgan fingerprint density at radius 3 is 2.83 bits per heavy atom. The third kappa shape index (κ3) is 2.14. The van der Waals surface area contributed by atoms with Crippen molar-refractivity contribution in [3.63, 3.8) is 0 Å². The van der Waals surface area contributed by atoms with Gasteiger partial charge in [-0.05, 0) is 29.5 Å². The number of hydrogen-bond acceptors (Lipinski definition) is 4. The predicted octanol–water partition coefficient (Wildman–Crippen LogP) is 2.25. The highest BCUT2D eigenvalue weighted by atomic mass is 16.6. The molecule has 0 aromatic heterocycles. The Morgan fingerprint density at radius 1 is 1.26 bits per heavy atom. The lowest BCUT2D eigenvalue weighted by atomic mass is 10.0. The van der Waals surface area contributed by atoms with E-state index in [0.717, 1.165) is 6.42 Å². The average Bonchev–Trinajstić information content (AvgIpc) is 3.04. The maximum atomic E-state index is 12.4. The number of benzene rings is 2. The number of nitrogens with one attached hydrogen (secondary N) is 1. The molecule has 0 radical (unpaired) electrons. The van der Waals surface area contributed by atoms with Crippen molar-refractivity contribution in [1.82, 2.24) is 5.32 Å². The van der Waals surface area contributed by atoms with E-state index >= 15 is 0 Å². The summed E-state index contributed by atoms with van der Waals surface area (Å²) in [5.74, 6) is 0.439. The molecule has 2 aromatic rings. The summed E-state index contributed by atoms with van der Waals surface area (Å²) in [6.07, 6.45) is 0.968. The molecule has 0 spiro atoms. The Balaban J connectivity index is 1.53. The minimum Gasteiger partial charge on any atom is -0.398 e. The summed E-state index contributed by atoms with van der Waals surface area (Å²) in [7, 11) is 0. The SMILES string of the molecule is Nc1ccc([N+](=O)[O-])cc1C(=O)NC1C2Cc3ccccc3C21. The summed E-state index contributed by atoms with van der Waals surface area (Å²) < 4.78 is 0. The van der Waals surface area contributed by atoms with Crippen molar-refractivity contribution in [1.29, 1.82) is 0 Å². The lowest BCUT2D eigenvalue weighted by Crippen LogP contribution is -2.29. The lowest BCUT2D eigenvalue weighted by Gasteiger charge is -2.10.